The second kappa shape index (κ2) is 4.39. The molecule has 0 spiro atoms. The van der Waals surface area contributed by atoms with Crippen LogP contribution in [0.25, 0.3) is 11.0 Å². The minimum atomic E-state index is -0.201. The molecule has 1 aromatic heterocycles. The van der Waals surface area contributed by atoms with E-state index >= 15 is 0 Å². The summed E-state index contributed by atoms with van der Waals surface area (Å²) in [6, 6.07) is 12.4. The number of anilines is 1. The van der Waals surface area contributed by atoms with Crippen molar-refractivity contribution in [3.05, 3.63) is 59.7 Å². The SMILES string of the molecule is Cc1nc2c(N)cccc2n1Cc1ccccc1F. The zero-order valence-electron chi connectivity index (χ0n) is 10.6. The van der Waals surface area contributed by atoms with Crippen LogP contribution in [0.1, 0.15) is 11.4 Å². The fraction of sp³-hybridized carbons (Fsp3) is 0.133. The average Bonchev–Trinajstić information content (AvgIpc) is 2.71. The van der Waals surface area contributed by atoms with Crippen molar-refractivity contribution in [2.75, 3.05) is 5.73 Å². The van der Waals surface area contributed by atoms with E-state index in [1.807, 2.05) is 35.8 Å². The lowest BCUT2D eigenvalue weighted by Crippen LogP contribution is -2.03. The molecule has 3 rings (SSSR count). The predicted molar refractivity (Wildman–Crippen MR) is 74.4 cm³/mol. The van der Waals surface area contributed by atoms with Crippen LogP contribution < -0.4 is 5.73 Å². The van der Waals surface area contributed by atoms with Crippen LogP contribution in [0.5, 0.6) is 0 Å². The number of benzene rings is 2. The Morgan fingerprint density at radius 1 is 1.16 bits per heavy atom. The van der Waals surface area contributed by atoms with E-state index in [1.165, 1.54) is 6.07 Å². The average molecular weight is 255 g/mol. The van der Waals surface area contributed by atoms with Crippen LogP contribution in [-0.4, -0.2) is 9.55 Å². The maximum Gasteiger partial charge on any atom is 0.128 e. The molecule has 0 unspecified atom stereocenters. The summed E-state index contributed by atoms with van der Waals surface area (Å²) in [4.78, 5) is 4.45. The van der Waals surface area contributed by atoms with Gasteiger partial charge in [0.15, 0.2) is 0 Å². The van der Waals surface area contributed by atoms with E-state index in [2.05, 4.69) is 4.98 Å². The van der Waals surface area contributed by atoms with Crippen LogP contribution in [0.2, 0.25) is 0 Å². The summed E-state index contributed by atoms with van der Waals surface area (Å²) in [5.41, 5.74) is 8.91. The van der Waals surface area contributed by atoms with Gasteiger partial charge < -0.3 is 10.3 Å². The Hall–Kier alpha value is -2.36. The number of aromatic nitrogens is 2. The maximum atomic E-state index is 13.7. The molecule has 0 amide bonds. The van der Waals surface area contributed by atoms with E-state index in [9.17, 15) is 4.39 Å². The zero-order valence-corrected chi connectivity index (χ0v) is 10.6. The summed E-state index contributed by atoms with van der Waals surface area (Å²) in [7, 11) is 0. The molecule has 0 radical (unpaired) electrons. The molecule has 4 heteroatoms. The molecule has 2 aromatic carbocycles. The Morgan fingerprint density at radius 3 is 2.74 bits per heavy atom. The van der Waals surface area contributed by atoms with Crippen LogP contribution >= 0.6 is 0 Å². The summed E-state index contributed by atoms with van der Waals surface area (Å²) in [6.45, 7) is 2.36. The van der Waals surface area contributed by atoms with Crippen LogP contribution in [0.4, 0.5) is 10.1 Å². The molecular formula is C15H14FN3. The van der Waals surface area contributed by atoms with Crippen molar-refractivity contribution >= 4 is 16.7 Å². The van der Waals surface area contributed by atoms with Crippen molar-refractivity contribution in [3.63, 3.8) is 0 Å². The Balaban J connectivity index is 2.13. The number of aryl methyl sites for hydroxylation is 1. The predicted octanol–water partition coefficient (Wildman–Crippen LogP) is 3.11. The van der Waals surface area contributed by atoms with Gasteiger partial charge in [0.25, 0.3) is 0 Å². The van der Waals surface area contributed by atoms with Gasteiger partial charge in [-0.15, -0.1) is 0 Å². The molecule has 0 saturated heterocycles. The third-order valence-corrected chi connectivity index (χ3v) is 3.29. The fourth-order valence-electron chi connectivity index (χ4n) is 2.28. The van der Waals surface area contributed by atoms with Crippen molar-refractivity contribution in [2.45, 2.75) is 13.5 Å². The Kier molecular flexibility index (Phi) is 2.71. The van der Waals surface area contributed by atoms with Gasteiger partial charge in [0, 0.05) is 5.56 Å². The van der Waals surface area contributed by atoms with Gasteiger partial charge in [0.2, 0.25) is 0 Å². The van der Waals surface area contributed by atoms with Gasteiger partial charge in [-0.25, -0.2) is 9.37 Å². The number of imidazole rings is 1. The number of nitrogens with zero attached hydrogens (tertiary/aromatic N) is 2. The summed E-state index contributed by atoms with van der Waals surface area (Å²) >= 11 is 0. The van der Waals surface area contributed by atoms with Gasteiger partial charge in [-0.1, -0.05) is 24.3 Å². The lowest BCUT2D eigenvalue weighted by Gasteiger charge is -2.08. The molecule has 2 N–H and O–H groups in total. The molecular weight excluding hydrogens is 241 g/mol. The first kappa shape index (κ1) is 11.7. The molecule has 0 aliphatic heterocycles. The minimum absolute atomic E-state index is 0.201. The van der Waals surface area contributed by atoms with E-state index in [0.29, 0.717) is 17.8 Å². The van der Waals surface area contributed by atoms with Crippen molar-refractivity contribution in [1.29, 1.82) is 0 Å². The van der Waals surface area contributed by atoms with Crippen LogP contribution in [0, 0.1) is 12.7 Å². The third kappa shape index (κ3) is 1.95. The molecule has 0 aliphatic rings. The lowest BCUT2D eigenvalue weighted by molar-refractivity contribution is 0.599. The second-order valence-corrected chi connectivity index (χ2v) is 4.55. The standard InChI is InChI=1S/C15H14FN3/c1-10-18-15-13(17)7-4-8-14(15)19(10)9-11-5-2-3-6-12(11)16/h2-8H,9,17H2,1H3. The number of para-hydroxylation sites is 1. The van der Waals surface area contributed by atoms with Crippen LogP contribution in [-0.2, 0) is 6.54 Å². The third-order valence-electron chi connectivity index (χ3n) is 3.29. The number of fused-ring (bicyclic) bond motifs is 1. The van der Waals surface area contributed by atoms with Gasteiger partial charge in [0.1, 0.15) is 17.2 Å². The normalized spacial score (nSPS) is 11.1. The zero-order chi connectivity index (χ0) is 13.4. The molecule has 0 fully saturated rings. The molecule has 0 saturated carbocycles. The molecule has 0 aliphatic carbocycles. The van der Waals surface area contributed by atoms with Crippen LogP contribution in [0.15, 0.2) is 42.5 Å². The second-order valence-electron chi connectivity index (χ2n) is 4.55. The number of hydrogen-bond acceptors (Lipinski definition) is 2. The molecule has 3 nitrogen and oxygen atoms in total. The summed E-state index contributed by atoms with van der Waals surface area (Å²) in [5.74, 6) is 0.629. The minimum Gasteiger partial charge on any atom is -0.397 e. The van der Waals surface area contributed by atoms with Gasteiger partial charge >= 0.3 is 0 Å². The number of nitrogens with two attached hydrogens (primary N) is 1. The van der Waals surface area contributed by atoms with Gasteiger partial charge in [-0.05, 0) is 25.1 Å². The summed E-state index contributed by atoms with van der Waals surface area (Å²) in [6.07, 6.45) is 0. The topological polar surface area (TPSA) is 43.8 Å². The highest BCUT2D eigenvalue weighted by atomic mass is 19.1. The van der Waals surface area contributed by atoms with Crippen molar-refractivity contribution < 1.29 is 4.39 Å². The van der Waals surface area contributed by atoms with Gasteiger partial charge in [0.05, 0.1) is 17.7 Å². The monoisotopic (exact) mass is 255 g/mol. The molecule has 1 heterocycles. The highest BCUT2D eigenvalue weighted by Gasteiger charge is 2.11. The highest BCUT2D eigenvalue weighted by Crippen LogP contribution is 2.23. The van der Waals surface area contributed by atoms with Crippen LogP contribution in [0.3, 0.4) is 0 Å². The van der Waals surface area contributed by atoms with Gasteiger partial charge in [-0.2, -0.15) is 0 Å². The summed E-state index contributed by atoms with van der Waals surface area (Å²) < 4.78 is 15.7. The van der Waals surface area contributed by atoms with Crippen molar-refractivity contribution in [3.8, 4) is 0 Å². The van der Waals surface area contributed by atoms with E-state index in [0.717, 1.165) is 16.9 Å². The maximum absolute atomic E-state index is 13.7. The summed E-state index contributed by atoms with van der Waals surface area (Å²) in [5, 5.41) is 0. The first-order valence-corrected chi connectivity index (χ1v) is 6.11. The largest absolute Gasteiger partial charge is 0.397 e. The molecule has 0 bridgehead atoms. The first-order chi connectivity index (χ1) is 9.16. The Bertz CT molecular complexity index is 746. The Morgan fingerprint density at radius 2 is 1.95 bits per heavy atom. The molecule has 3 aromatic rings. The molecule has 19 heavy (non-hydrogen) atoms. The lowest BCUT2D eigenvalue weighted by atomic mass is 10.2. The molecule has 96 valence electrons. The number of rotatable bonds is 2. The van der Waals surface area contributed by atoms with E-state index in [-0.39, 0.29) is 5.82 Å². The van der Waals surface area contributed by atoms with E-state index < -0.39 is 0 Å². The number of hydrogen-bond donors (Lipinski definition) is 1. The quantitative estimate of drug-likeness (QED) is 0.715. The molecule has 0 atom stereocenters. The fourth-order valence-corrected chi connectivity index (χ4v) is 2.28. The first-order valence-electron chi connectivity index (χ1n) is 6.11. The number of nitrogen functional groups attached to an aromatic ring is 1. The Labute approximate surface area is 110 Å². The van der Waals surface area contributed by atoms with E-state index in [1.54, 1.807) is 12.1 Å². The van der Waals surface area contributed by atoms with Crippen molar-refractivity contribution in [2.24, 2.45) is 0 Å². The van der Waals surface area contributed by atoms with E-state index in [4.69, 9.17) is 5.73 Å². The van der Waals surface area contributed by atoms with Crippen molar-refractivity contribution in [1.82, 2.24) is 9.55 Å². The smallest absolute Gasteiger partial charge is 0.128 e. The van der Waals surface area contributed by atoms with Gasteiger partial charge in [-0.3, -0.25) is 0 Å². The highest BCUT2D eigenvalue weighted by molar-refractivity contribution is 5.87. The number of halogens is 1.